The molecule has 0 aliphatic carbocycles. The summed E-state index contributed by atoms with van der Waals surface area (Å²) in [6.45, 7) is 2.38. The highest BCUT2D eigenvalue weighted by Gasteiger charge is 2.26. The van der Waals surface area contributed by atoms with E-state index < -0.39 is 0 Å². The Hall–Kier alpha value is -2.89. The number of methoxy groups -OCH3 is 1. The van der Waals surface area contributed by atoms with Crippen molar-refractivity contribution in [2.24, 2.45) is 5.16 Å². The molecule has 0 aromatic heterocycles. The SMILES string of the molecule is CCC(=O)N(Cc1ccccc1F)CC1CC(c2ccc(OC)cc2)=NO1. The Bertz CT molecular complexity index is 820. The van der Waals surface area contributed by atoms with Gasteiger partial charge in [0.05, 0.1) is 19.4 Å². The summed E-state index contributed by atoms with van der Waals surface area (Å²) >= 11 is 0. The summed E-state index contributed by atoms with van der Waals surface area (Å²) < 4.78 is 19.1. The number of nitrogens with zero attached hydrogens (tertiary/aromatic N) is 2. The lowest BCUT2D eigenvalue weighted by atomic mass is 10.0. The lowest BCUT2D eigenvalue weighted by molar-refractivity contribution is -0.133. The molecule has 0 bridgehead atoms. The van der Waals surface area contributed by atoms with Gasteiger partial charge in [0.2, 0.25) is 5.91 Å². The third kappa shape index (κ3) is 4.64. The Labute approximate surface area is 158 Å². The van der Waals surface area contributed by atoms with Crippen LogP contribution in [0.25, 0.3) is 0 Å². The van der Waals surface area contributed by atoms with E-state index in [-0.39, 0.29) is 24.4 Å². The highest BCUT2D eigenvalue weighted by molar-refractivity contribution is 6.01. The fraction of sp³-hybridized carbons (Fsp3) is 0.333. The van der Waals surface area contributed by atoms with E-state index in [4.69, 9.17) is 9.57 Å². The number of carbonyl (C=O) groups is 1. The van der Waals surface area contributed by atoms with Crippen molar-refractivity contribution in [1.82, 2.24) is 4.90 Å². The minimum Gasteiger partial charge on any atom is -0.497 e. The van der Waals surface area contributed by atoms with Crippen LogP contribution < -0.4 is 4.74 Å². The maximum atomic E-state index is 14.0. The van der Waals surface area contributed by atoms with E-state index in [9.17, 15) is 9.18 Å². The molecule has 142 valence electrons. The van der Waals surface area contributed by atoms with Crippen molar-refractivity contribution >= 4 is 11.6 Å². The Kier molecular flexibility index (Phi) is 6.06. The van der Waals surface area contributed by atoms with Crippen LogP contribution in [0.5, 0.6) is 5.75 Å². The smallest absolute Gasteiger partial charge is 0.222 e. The second kappa shape index (κ2) is 8.66. The first-order chi connectivity index (χ1) is 13.1. The summed E-state index contributed by atoms with van der Waals surface area (Å²) in [5, 5.41) is 4.17. The zero-order valence-corrected chi connectivity index (χ0v) is 15.5. The Morgan fingerprint density at radius 1 is 1.26 bits per heavy atom. The molecule has 1 heterocycles. The van der Waals surface area contributed by atoms with Gasteiger partial charge in [-0.25, -0.2) is 4.39 Å². The highest BCUT2D eigenvalue weighted by atomic mass is 19.1. The third-order valence-corrected chi connectivity index (χ3v) is 4.55. The summed E-state index contributed by atoms with van der Waals surface area (Å²) in [5.74, 6) is 0.424. The number of hydrogen-bond donors (Lipinski definition) is 0. The predicted molar refractivity (Wildman–Crippen MR) is 101 cm³/mol. The van der Waals surface area contributed by atoms with E-state index in [1.807, 2.05) is 24.3 Å². The summed E-state index contributed by atoms with van der Waals surface area (Å²) in [6, 6.07) is 14.1. The molecule has 1 aliphatic rings. The largest absolute Gasteiger partial charge is 0.497 e. The minimum absolute atomic E-state index is 0.0419. The highest BCUT2D eigenvalue weighted by Crippen LogP contribution is 2.21. The normalized spacial score (nSPS) is 15.8. The van der Waals surface area contributed by atoms with Crippen molar-refractivity contribution in [2.75, 3.05) is 13.7 Å². The van der Waals surface area contributed by atoms with E-state index in [0.717, 1.165) is 17.0 Å². The van der Waals surface area contributed by atoms with Crippen molar-refractivity contribution in [2.45, 2.75) is 32.4 Å². The van der Waals surface area contributed by atoms with Crippen LogP contribution in [0.4, 0.5) is 4.39 Å². The fourth-order valence-electron chi connectivity index (χ4n) is 3.04. The third-order valence-electron chi connectivity index (χ3n) is 4.55. The van der Waals surface area contributed by atoms with Crippen LogP contribution in [0, 0.1) is 5.82 Å². The van der Waals surface area contributed by atoms with Crippen LogP contribution in [0.1, 0.15) is 30.9 Å². The predicted octanol–water partition coefficient (Wildman–Crippen LogP) is 3.77. The van der Waals surface area contributed by atoms with E-state index in [2.05, 4.69) is 5.16 Å². The van der Waals surface area contributed by atoms with Crippen molar-refractivity contribution in [3.8, 4) is 5.75 Å². The van der Waals surface area contributed by atoms with E-state index in [0.29, 0.717) is 24.9 Å². The van der Waals surface area contributed by atoms with Crippen molar-refractivity contribution in [3.63, 3.8) is 0 Å². The molecule has 3 rings (SSSR count). The van der Waals surface area contributed by atoms with Crippen LogP contribution in [-0.4, -0.2) is 36.3 Å². The number of halogens is 1. The molecule has 2 aromatic carbocycles. The Morgan fingerprint density at radius 2 is 2.00 bits per heavy atom. The molecule has 0 spiro atoms. The zero-order valence-electron chi connectivity index (χ0n) is 15.5. The number of rotatable bonds is 7. The first kappa shape index (κ1) is 18.9. The molecule has 1 aliphatic heterocycles. The molecular weight excluding hydrogens is 347 g/mol. The number of hydrogen-bond acceptors (Lipinski definition) is 4. The number of oxime groups is 1. The van der Waals surface area contributed by atoms with Gasteiger partial charge in [0.1, 0.15) is 11.6 Å². The molecule has 0 saturated heterocycles. The summed E-state index contributed by atoms with van der Waals surface area (Å²) in [6.07, 6.45) is 0.703. The van der Waals surface area contributed by atoms with E-state index >= 15 is 0 Å². The molecule has 0 radical (unpaired) electrons. The molecular formula is C21H23FN2O3. The van der Waals surface area contributed by atoms with Crippen LogP contribution >= 0.6 is 0 Å². The molecule has 0 N–H and O–H groups in total. The molecule has 1 amide bonds. The summed E-state index contributed by atoms with van der Waals surface area (Å²) in [5.41, 5.74) is 2.28. The van der Waals surface area contributed by atoms with Gasteiger partial charge in [-0.3, -0.25) is 4.79 Å². The van der Waals surface area contributed by atoms with E-state index in [1.165, 1.54) is 6.07 Å². The van der Waals surface area contributed by atoms with E-state index in [1.54, 1.807) is 37.1 Å². The number of benzene rings is 2. The molecule has 1 unspecified atom stereocenters. The standard InChI is InChI=1S/C21H23FN2O3/c1-3-21(25)24(13-16-6-4-5-7-19(16)22)14-18-12-20(23-27-18)15-8-10-17(26-2)11-9-15/h4-11,18H,3,12-14H2,1-2H3. The fourth-order valence-corrected chi connectivity index (χ4v) is 3.04. The average Bonchev–Trinajstić information content (AvgIpc) is 3.17. The van der Waals surface area contributed by atoms with Crippen molar-refractivity contribution < 1.29 is 18.8 Å². The molecule has 1 atom stereocenters. The van der Waals surface area contributed by atoms with Crippen molar-refractivity contribution in [3.05, 3.63) is 65.5 Å². The molecule has 6 heteroatoms. The molecule has 0 saturated carbocycles. The van der Waals surface area contributed by atoms with Gasteiger partial charge in [0.15, 0.2) is 6.10 Å². The molecule has 27 heavy (non-hydrogen) atoms. The van der Waals surface area contributed by atoms with Crippen LogP contribution in [0.15, 0.2) is 53.7 Å². The minimum atomic E-state index is -0.311. The van der Waals surface area contributed by atoms with Gasteiger partial charge in [-0.15, -0.1) is 0 Å². The first-order valence-electron chi connectivity index (χ1n) is 8.99. The Morgan fingerprint density at radius 3 is 2.67 bits per heavy atom. The zero-order chi connectivity index (χ0) is 19.2. The second-order valence-electron chi connectivity index (χ2n) is 6.42. The molecule has 5 nitrogen and oxygen atoms in total. The maximum absolute atomic E-state index is 14.0. The van der Waals surface area contributed by atoms with Crippen LogP contribution in [0.3, 0.4) is 0 Å². The van der Waals surface area contributed by atoms with Gasteiger partial charge in [-0.1, -0.05) is 30.3 Å². The topological polar surface area (TPSA) is 51.1 Å². The average molecular weight is 370 g/mol. The monoisotopic (exact) mass is 370 g/mol. The van der Waals surface area contributed by atoms with Gasteiger partial charge in [-0.2, -0.15) is 0 Å². The Balaban J connectivity index is 1.65. The second-order valence-corrected chi connectivity index (χ2v) is 6.42. The maximum Gasteiger partial charge on any atom is 0.222 e. The number of ether oxygens (including phenoxy) is 1. The number of carbonyl (C=O) groups excluding carboxylic acids is 1. The summed E-state index contributed by atoms with van der Waals surface area (Å²) in [4.78, 5) is 19.5. The number of amides is 1. The lowest BCUT2D eigenvalue weighted by Gasteiger charge is -2.24. The first-order valence-corrected chi connectivity index (χ1v) is 8.99. The summed E-state index contributed by atoms with van der Waals surface area (Å²) in [7, 11) is 1.62. The van der Waals surface area contributed by atoms with Gasteiger partial charge in [0, 0.05) is 24.9 Å². The van der Waals surface area contributed by atoms with Gasteiger partial charge in [0.25, 0.3) is 0 Å². The van der Waals surface area contributed by atoms with Crippen LogP contribution in [0.2, 0.25) is 0 Å². The quantitative estimate of drug-likeness (QED) is 0.746. The van der Waals surface area contributed by atoms with Gasteiger partial charge >= 0.3 is 0 Å². The van der Waals surface area contributed by atoms with Crippen LogP contribution in [-0.2, 0) is 16.2 Å². The molecule has 0 fully saturated rings. The van der Waals surface area contributed by atoms with Gasteiger partial charge in [-0.05, 0) is 35.9 Å². The van der Waals surface area contributed by atoms with Gasteiger partial charge < -0.3 is 14.5 Å². The van der Waals surface area contributed by atoms with Crippen molar-refractivity contribution in [1.29, 1.82) is 0 Å². The lowest BCUT2D eigenvalue weighted by Crippen LogP contribution is -2.37. The molecule has 2 aromatic rings.